The maximum atomic E-state index is 15.3. The third kappa shape index (κ3) is 11.0. The van der Waals surface area contributed by atoms with Crippen LogP contribution in [-0.4, -0.2) is 102 Å². The van der Waals surface area contributed by atoms with Gasteiger partial charge in [0.05, 0.1) is 61.8 Å². The van der Waals surface area contributed by atoms with Gasteiger partial charge in [0, 0.05) is 89.0 Å². The Kier molecular flexibility index (Phi) is 15.2. The molecular weight excluding hydrogens is 991 g/mol. The van der Waals surface area contributed by atoms with E-state index in [1.165, 1.54) is 44.4 Å². The molecule has 75 heavy (non-hydrogen) atoms. The number of aromatic hydroxyl groups is 1. The molecule has 0 spiro atoms. The molecule has 5 aromatic carbocycles. The summed E-state index contributed by atoms with van der Waals surface area (Å²) in [5, 5.41) is 31.0. The standard InChI is InChI=1S/C53H48ClFN10O10/c1-72-41-11-7-9-37(55)46(41)48-35-20-29(54)12-14-32(35)47-28(24-58-48)25-59-53(62-47)60-30-13-15-34(40(66)21-30)50(69)57-19-5-4-18-56-45(68)27-75-49-42(73-2)22-31(23-43(49)74-3)63-64-38-10-6-8-33-36(38)26-65(52(33)71)39-16-17-44(67)61-51(39)70/h6-15,20-23,25,39,66H,4-5,16-19,24,26-27H2,1-3H3,(H,56,68)(H,57,69)(H,59,60,62)(H,61,67,70). The molecule has 5 N–H and O–H groups in total. The van der Waals surface area contributed by atoms with Crippen LogP contribution in [0.15, 0.2) is 106 Å². The topological polar surface area (TPSA) is 257 Å². The molecule has 0 radical (unpaired) electrons. The van der Waals surface area contributed by atoms with Crippen molar-refractivity contribution in [2.24, 2.45) is 15.2 Å². The van der Waals surface area contributed by atoms with Crippen LogP contribution >= 0.6 is 11.6 Å². The monoisotopic (exact) mass is 1040 g/mol. The number of nitrogens with one attached hydrogen (secondary N) is 4. The molecule has 20 nitrogen and oxygen atoms in total. The molecule has 1 aromatic heterocycles. The predicted molar refractivity (Wildman–Crippen MR) is 272 cm³/mol. The summed E-state index contributed by atoms with van der Waals surface area (Å²) in [6.45, 7) is 0.452. The van der Waals surface area contributed by atoms with E-state index < -0.39 is 29.6 Å². The van der Waals surface area contributed by atoms with Crippen molar-refractivity contribution in [3.8, 4) is 40.0 Å². The Morgan fingerprint density at radius 3 is 2.39 bits per heavy atom. The van der Waals surface area contributed by atoms with E-state index in [1.54, 1.807) is 72.9 Å². The fourth-order valence-corrected chi connectivity index (χ4v) is 9.01. The Hall–Kier alpha value is -8.98. The van der Waals surface area contributed by atoms with Gasteiger partial charge in [-0.05, 0) is 67.8 Å². The quantitative estimate of drug-likeness (QED) is 0.0315. The van der Waals surface area contributed by atoms with Crippen molar-refractivity contribution in [1.82, 2.24) is 30.8 Å². The van der Waals surface area contributed by atoms with Crippen LogP contribution in [0.3, 0.4) is 0 Å². The minimum absolute atomic E-state index is 0.0481. The molecule has 1 unspecified atom stereocenters. The second-order valence-electron chi connectivity index (χ2n) is 17.3. The van der Waals surface area contributed by atoms with Crippen molar-refractivity contribution >= 4 is 69.9 Å². The van der Waals surface area contributed by atoms with E-state index in [1.807, 2.05) is 0 Å². The first-order chi connectivity index (χ1) is 36.3. The molecule has 1 atom stereocenters. The minimum atomic E-state index is -0.773. The van der Waals surface area contributed by atoms with Crippen LogP contribution < -0.4 is 40.2 Å². The molecular formula is C53H48ClFN10O10. The Bertz CT molecular complexity index is 3310. The number of benzene rings is 5. The lowest BCUT2D eigenvalue weighted by Crippen LogP contribution is -2.52. The SMILES string of the molecule is COc1cc(N=Nc2cccc3c2CN(C2CCC(=O)NC2=O)C3=O)cc(OC)c1OCC(=O)NCCCCNC(=O)c1ccc(Nc2ncc3c(n2)-c2ccc(Cl)cc2C(c2c(F)cccc2OC)=NC3)cc1O. The average Bonchev–Trinajstić information content (AvgIpc) is 3.66. The Morgan fingerprint density at radius 2 is 1.64 bits per heavy atom. The lowest BCUT2D eigenvalue weighted by molar-refractivity contribution is -0.137. The number of piperidine rings is 1. The molecule has 1 fully saturated rings. The van der Waals surface area contributed by atoms with Gasteiger partial charge in [-0.3, -0.25) is 34.3 Å². The van der Waals surface area contributed by atoms with Crippen LogP contribution in [0.2, 0.25) is 5.02 Å². The number of phenolic OH excluding ortho intramolecular Hbond substituents is 1. The average molecular weight is 1040 g/mol. The molecule has 1 saturated heterocycles. The largest absolute Gasteiger partial charge is 0.507 e. The van der Waals surface area contributed by atoms with Crippen LogP contribution in [0.1, 0.15) is 68.7 Å². The number of amides is 5. The van der Waals surface area contributed by atoms with Gasteiger partial charge in [0.15, 0.2) is 18.1 Å². The summed E-state index contributed by atoms with van der Waals surface area (Å²) >= 11 is 6.44. The highest BCUT2D eigenvalue weighted by molar-refractivity contribution is 6.31. The number of unbranched alkanes of at least 4 members (excludes halogenated alkanes) is 1. The highest BCUT2D eigenvalue weighted by Crippen LogP contribution is 2.43. The van der Waals surface area contributed by atoms with E-state index in [0.717, 1.165) is 0 Å². The zero-order valence-corrected chi connectivity index (χ0v) is 41.4. The summed E-state index contributed by atoms with van der Waals surface area (Å²) < 4.78 is 37.7. The van der Waals surface area contributed by atoms with Gasteiger partial charge in [0.1, 0.15) is 23.4 Å². The van der Waals surface area contributed by atoms with Crippen molar-refractivity contribution in [2.45, 2.75) is 44.8 Å². The number of aromatic nitrogens is 2. The normalized spacial score (nSPS) is 14.7. The third-order valence-electron chi connectivity index (χ3n) is 12.5. The fraction of sp³-hybridized carbons (Fsp3) is 0.245. The Balaban J connectivity index is 0.741. The number of imide groups is 1. The number of nitrogens with zero attached hydrogens (tertiary/aromatic N) is 6. The number of rotatable bonds is 18. The van der Waals surface area contributed by atoms with Crippen molar-refractivity contribution in [3.05, 3.63) is 135 Å². The number of anilines is 2. The first-order valence-corrected chi connectivity index (χ1v) is 24.0. The smallest absolute Gasteiger partial charge is 0.257 e. The zero-order valence-electron chi connectivity index (χ0n) is 40.7. The summed E-state index contributed by atoms with van der Waals surface area (Å²) in [6, 6.07) is 21.6. The predicted octanol–water partition coefficient (Wildman–Crippen LogP) is 7.64. The number of halogens is 2. The molecule has 0 aliphatic carbocycles. The van der Waals surface area contributed by atoms with E-state index in [4.69, 9.17) is 40.5 Å². The molecule has 6 aromatic rings. The highest BCUT2D eigenvalue weighted by atomic mass is 35.5. The van der Waals surface area contributed by atoms with Crippen LogP contribution in [0.4, 0.5) is 27.4 Å². The van der Waals surface area contributed by atoms with E-state index in [0.29, 0.717) is 79.9 Å². The fourth-order valence-electron chi connectivity index (χ4n) is 8.84. The van der Waals surface area contributed by atoms with Crippen molar-refractivity contribution in [3.63, 3.8) is 0 Å². The number of ether oxygens (including phenoxy) is 4. The van der Waals surface area contributed by atoms with Crippen molar-refractivity contribution in [1.29, 1.82) is 0 Å². The third-order valence-corrected chi connectivity index (χ3v) is 12.8. The zero-order chi connectivity index (χ0) is 52.8. The number of fused-ring (bicyclic) bond motifs is 4. The van der Waals surface area contributed by atoms with Gasteiger partial charge in [-0.15, -0.1) is 0 Å². The first kappa shape index (κ1) is 50.9. The van der Waals surface area contributed by atoms with E-state index in [2.05, 4.69) is 36.5 Å². The number of methoxy groups -OCH3 is 3. The van der Waals surface area contributed by atoms with Crippen LogP contribution in [0.25, 0.3) is 11.3 Å². The Labute approximate surface area is 433 Å². The number of carbonyl (C=O) groups excluding carboxylic acids is 5. The van der Waals surface area contributed by atoms with E-state index >= 15 is 4.39 Å². The molecule has 0 bridgehead atoms. The molecule has 0 saturated carbocycles. The van der Waals surface area contributed by atoms with Gasteiger partial charge in [0.2, 0.25) is 23.5 Å². The Morgan fingerprint density at radius 1 is 0.880 bits per heavy atom. The molecule has 22 heteroatoms. The maximum Gasteiger partial charge on any atom is 0.257 e. The summed E-state index contributed by atoms with van der Waals surface area (Å²) in [6.07, 6.45) is 3.02. The van der Waals surface area contributed by atoms with Crippen molar-refractivity contribution in [2.75, 3.05) is 46.3 Å². The highest BCUT2D eigenvalue weighted by Gasteiger charge is 2.40. The number of hydrogen-bond donors (Lipinski definition) is 5. The number of aliphatic imine (C=N–C) groups is 1. The van der Waals surface area contributed by atoms with Gasteiger partial charge in [-0.1, -0.05) is 29.8 Å². The van der Waals surface area contributed by atoms with Gasteiger partial charge in [-0.25, -0.2) is 14.4 Å². The van der Waals surface area contributed by atoms with Crippen LogP contribution in [0, 0.1) is 5.82 Å². The molecule has 5 amide bonds. The second kappa shape index (κ2) is 22.4. The molecule has 3 aliphatic heterocycles. The summed E-state index contributed by atoms with van der Waals surface area (Å²) in [4.78, 5) is 78.8. The van der Waals surface area contributed by atoms with Gasteiger partial charge < -0.3 is 44.9 Å². The summed E-state index contributed by atoms with van der Waals surface area (Å²) in [5.74, 6) is -1.81. The molecule has 384 valence electrons. The lowest BCUT2D eigenvalue weighted by atomic mass is 9.94. The maximum absolute atomic E-state index is 15.3. The molecule has 3 aliphatic rings. The summed E-state index contributed by atoms with van der Waals surface area (Å²) in [5.41, 5.74) is 5.17. The first-order valence-electron chi connectivity index (χ1n) is 23.6. The molecule has 4 heterocycles. The van der Waals surface area contributed by atoms with Gasteiger partial charge in [0.25, 0.3) is 17.7 Å². The summed E-state index contributed by atoms with van der Waals surface area (Å²) in [7, 11) is 4.30. The van der Waals surface area contributed by atoms with Crippen LogP contribution in [0.5, 0.6) is 28.7 Å². The number of azo groups is 1. The minimum Gasteiger partial charge on any atom is -0.507 e. The van der Waals surface area contributed by atoms with E-state index in [-0.39, 0.29) is 97.5 Å². The van der Waals surface area contributed by atoms with Crippen LogP contribution in [-0.2, 0) is 27.5 Å². The second-order valence-corrected chi connectivity index (χ2v) is 17.7. The van der Waals surface area contributed by atoms with Gasteiger partial charge in [-0.2, -0.15) is 10.2 Å². The number of hydrogen-bond acceptors (Lipinski definition) is 16. The molecule has 9 rings (SSSR count). The number of phenols is 1. The number of carbonyl (C=O) groups is 5. The lowest BCUT2D eigenvalue weighted by Gasteiger charge is -2.29. The van der Waals surface area contributed by atoms with Gasteiger partial charge >= 0.3 is 0 Å². The van der Waals surface area contributed by atoms with E-state index in [9.17, 15) is 29.1 Å². The van der Waals surface area contributed by atoms with Crippen molar-refractivity contribution < 1.29 is 52.4 Å².